The standard InChI is InChI=1S/C16H17BrN2O3S/c1-9-10(2)23-15(14(9)16(21)22-3)19-13(20)8-18-12-6-4-11(17)5-7-12/h4-7,18H,8H2,1-3H3,(H,19,20). The Labute approximate surface area is 147 Å². The average Bonchev–Trinajstić information content (AvgIpc) is 2.80. The molecule has 0 radical (unpaired) electrons. The summed E-state index contributed by atoms with van der Waals surface area (Å²) in [6.45, 7) is 3.86. The summed E-state index contributed by atoms with van der Waals surface area (Å²) in [5.74, 6) is -0.664. The molecule has 0 aliphatic heterocycles. The molecule has 0 fully saturated rings. The molecule has 0 unspecified atom stereocenters. The third-order valence-electron chi connectivity index (χ3n) is 3.33. The molecular formula is C16H17BrN2O3S. The van der Waals surface area contributed by atoms with Gasteiger partial charge >= 0.3 is 5.97 Å². The van der Waals surface area contributed by atoms with Crippen molar-refractivity contribution in [2.45, 2.75) is 13.8 Å². The Morgan fingerprint density at radius 3 is 2.48 bits per heavy atom. The van der Waals surface area contributed by atoms with Gasteiger partial charge in [0.15, 0.2) is 0 Å². The monoisotopic (exact) mass is 396 g/mol. The number of hydrogen-bond acceptors (Lipinski definition) is 5. The zero-order chi connectivity index (χ0) is 17.0. The predicted octanol–water partition coefficient (Wildman–Crippen LogP) is 3.96. The summed E-state index contributed by atoms with van der Waals surface area (Å²) in [5, 5.41) is 6.33. The summed E-state index contributed by atoms with van der Waals surface area (Å²) in [7, 11) is 1.33. The molecule has 2 aromatic rings. The molecule has 1 aromatic carbocycles. The van der Waals surface area contributed by atoms with Gasteiger partial charge in [-0.2, -0.15) is 0 Å². The molecule has 2 rings (SSSR count). The second-order valence-corrected chi connectivity index (χ2v) is 7.03. The highest BCUT2D eigenvalue weighted by atomic mass is 79.9. The Morgan fingerprint density at radius 2 is 1.87 bits per heavy atom. The van der Waals surface area contributed by atoms with Gasteiger partial charge in [-0.05, 0) is 43.7 Å². The van der Waals surface area contributed by atoms with Crippen molar-refractivity contribution in [1.29, 1.82) is 0 Å². The van der Waals surface area contributed by atoms with Crippen molar-refractivity contribution in [2.24, 2.45) is 0 Å². The molecule has 2 N–H and O–H groups in total. The van der Waals surface area contributed by atoms with E-state index in [4.69, 9.17) is 4.74 Å². The molecular weight excluding hydrogens is 380 g/mol. The molecule has 5 nitrogen and oxygen atoms in total. The first-order valence-corrected chi connectivity index (χ1v) is 8.51. The number of benzene rings is 1. The number of esters is 1. The van der Waals surface area contributed by atoms with E-state index in [0.717, 1.165) is 20.6 Å². The Balaban J connectivity index is 2.04. The van der Waals surface area contributed by atoms with E-state index in [-0.39, 0.29) is 12.5 Å². The van der Waals surface area contributed by atoms with Crippen LogP contribution in [0.25, 0.3) is 0 Å². The van der Waals surface area contributed by atoms with Crippen molar-refractivity contribution in [3.8, 4) is 0 Å². The smallest absolute Gasteiger partial charge is 0.341 e. The van der Waals surface area contributed by atoms with Crippen molar-refractivity contribution in [1.82, 2.24) is 0 Å². The van der Waals surface area contributed by atoms with Gasteiger partial charge < -0.3 is 15.4 Å². The van der Waals surface area contributed by atoms with Crippen molar-refractivity contribution in [2.75, 3.05) is 24.3 Å². The number of halogens is 1. The van der Waals surface area contributed by atoms with E-state index in [2.05, 4.69) is 26.6 Å². The maximum Gasteiger partial charge on any atom is 0.341 e. The Bertz CT molecular complexity index is 726. The topological polar surface area (TPSA) is 67.4 Å². The number of thiophene rings is 1. The molecule has 7 heteroatoms. The number of anilines is 2. The first kappa shape index (κ1) is 17.5. The van der Waals surface area contributed by atoms with Gasteiger partial charge in [-0.3, -0.25) is 4.79 Å². The zero-order valence-electron chi connectivity index (χ0n) is 13.0. The lowest BCUT2D eigenvalue weighted by molar-refractivity contribution is -0.114. The van der Waals surface area contributed by atoms with Crippen LogP contribution in [0.4, 0.5) is 10.7 Å². The van der Waals surface area contributed by atoms with Gasteiger partial charge in [0.2, 0.25) is 5.91 Å². The first-order chi connectivity index (χ1) is 10.9. The molecule has 0 bridgehead atoms. The number of ether oxygens (including phenoxy) is 1. The number of carbonyl (C=O) groups excluding carboxylic acids is 2. The number of nitrogens with one attached hydrogen (secondary N) is 2. The first-order valence-electron chi connectivity index (χ1n) is 6.90. The number of carbonyl (C=O) groups is 2. The summed E-state index contributed by atoms with van der Waals surface area (Å²) in [4.78, 5) is 25.0. The maximum atomic E-state index is 12.1. The number of aryl methyl sites for hydroxylation is 1. The van der Waals surface area contributed by atoms with E-state index < -0.39 is 5.97 Å². The SMILES string of the molecule is COC(=O)c1c(NC(=O)CNc2ccc(Br)cc2)sc(C)c1C. The molecule has 1 aromatic heterocycles. The van der Waals surface area contributed by atoms with Crippen LogP contribution in [0.1, 0.15) is 20.8 Å². The van der Waals surface area contributed by atoms with Gasteiger partial charge in [-0.25, -0.2) is 4.79 Å². The minimum absolute atomic E-state index is 0.109. The maximum absolute atomic E-state index is 12.1. The molecule has 122 valence electrons. The van der Waals surface area contributed by atoms with E-state index in [1.165, 1.54) is 18.4 Å². The Morgan fingerprint density at radius 1 is 1.22 bits per heavy atom. The van der Waals surface area contributed by atoms with Crippen LogP contribution in [0.3, 0.4) is 0 Å². The van der Waals surface area contributed by atoms with Crippen molar-refractivity contribution in [3.63, 3.8) is 0 Å². The van der Waals surface area contributed by atoms with Crippen molar-refractivity contribution >= 4 is 49.8 Å². The third kappa shape index (κ3) is 4.33. The molecule has 0 spiro atoms. The van der Waals surface area contributed by atoms with Gasteiger partial charge in [0.05, 0.1) is 19.2 Å². The second-order valence-electron chi connectivity index (χ2n) is 4.89. The summed E-state index contributed by atoms with van der Waals surface area (Å²) in [5.41, 5.74) is 2.10. The second kappa shape index (κ2) is 7.61. The van der Waals surface area contributed by atoms with E-state index in [0.29, 0.717) is 10.6 Å². The molecule has 0 saturated carbocycles. The van der Waals surface area contributed by atoms with Crippen LogP contribution in [0.15, 0.2) is 28.7 Å². The number of hydrogen-bond donors (Lipinski definition) is 2. The van der Waals surface area contributed by atoms with Crippen LogP contribution in [0, 0.1) is 13.8 Å². The van der Waals surface area contributed by atoms with Crippen LogP contribution >= 0.6 is 27.3 Å². The summed E-state index contributed by atoms with van der Waals surface area (Å²) >= 11 is 4.73. The lowest BCUT2D eigenvalue weighted by Crippen LogP contribution is -2.22. The highest BCUT2D eigenvalue weighted by Gasteiger charge is 2.21. The third-order valence-corrected chi connectivity index (χ3v) is 4.98. The minimum atomic E-state index is -0.442. The van der Waals surface area contributed by atoms with Crippen LogP contribution in [-0.4, -0.2) is 25.5 Å². The largest absolute Gasteiger partial charge is 0.465 e. The van der Waals surface area contributed by atoms with E-state index >= 15 is 0 Å². The predicted molar refractivity (Wildman–Crippen MR) is 96.4 cm³/mol. The van der Waals surface area contributed by atoms with E-state index in [1.807, 2.05) is 38.1 Å². The van der Waals surface area contributed by atoms with Crippen LogP contribution in [0.2, 0.25) is 0 Å². The molecule has 23 heavy (non-hydrogen) atoms. The number of methoxy groups -OCH3 is 1. The lowest BCUT2D eigenvalue weighted by atomic mass is 10.1. The fourth-order valence-electron chi connectivity index (χ4n) is 1.98. The fourth-order valence-corrected chi connectivity index (χ4v) is 3.31. The fraction of sp³-hybridized carbons (Fsp3) is 0.250. The minimum Gasteiger partial charge on any atom is -0.465 e. The summed E-state index contributed by atoms with van der Waals surface area (Å²) in [6, 6.07) is 7.52. The molecule has 1 amide bonds. The quantitative estimate of drug-likeness (QED) is 0.750. The molecule has 1 heterocycles. The van der Waals surface area contributed by atoms with Crippen molar-refractivity contribution in [3.05, 3.63) is 44.7 Å². The van der Waals surface area contributed by atoms with Gasteiger partial charge in [-0.1, -0.05) is 15.9 Å². The van der Waals surface area contributed by atoms with Gasteiger partial charge in [0.1, 0.15) is 5.00 Å². The van der Waals surface area contributed by atoms with E-state index in [1.54, 1.807) is 0 Å². The molecule has 0 aliphatic carbocycles. The van der Waals surface area contributed by atoms with Crippen LogP contribution < -0.4 is 10.6 Å². The highest BCUT2D eigenvalue weighted by Crippen LogP contribution is 2.32. The Kier molecular flexibility index (Phi) is 5.79. The zero-order valence-corrected chi connectivity index (χ0v) is 15.4. The van der Waals surface area contributed by atoms with Crippen LogP contribution in [-0.2, 0) is 9.53 Å². The number of rotatable bonds is 5. The normalized spacial score (nSPS) is 10.3. The Hall–Kier alpha value is -1.86. The average molecular weight is 397 g/mol. The number of amides is 1. The summed E-state index contributed by atoms with van der Waals surface area (Å²) in [6.07, 6.45) is 0. The van der Waals surface area contributed by atoms with Gasteiger partial charge in [0, 0.05) is 15.0 Å². The van der Waals surface area contributed by atoms with Gasteiger partial charge in [0.25, 0.3) is 0 Å². The summed E-state index contributed by atoms with van der Waals surface area (Å²) < 4.78 is 5.76. The van der Waals surface area contributed by atoms with Crippen molar-refractivity contribution < 1.29 is 14.3 Å². The molecule has 0 saturated heterocycles. The molecule has 0 atom stereocenters. The highest BCUT2D eigenvalue weighted by molar-refractivity contribution is 9.10. The van der Waals surface area contributed by atoms with E-state index in [9.17, 15) is 9.59 Å². The van der Waals surface area contributed by atoms with Gasteiger partial charge in [-0.15, -0.1) is 11.3 Å². The van der Waals surface area contributed by atoms with Crippen LogP contribution in [0.5, 0.6) is 0 Å². The molecule has 0 aliphatic rings. The lowest BCUT2D eigenvalue weighted by Gasteiger charge is -2.08.